The number of nitrogens with zero attached hydrogens (tertiary/aromatic N) is 8. The van der Waals surface area contributed by atoms with Crippen molar-refractivity contribution in [3.8, 4) is 0 Å². The van der Waals surface area contributed by atoms with Crippen molar-refractivity contribution in [2.45, 2.75) is 273 Å². The van der Waals surface area contributed by atoms with Crippen LogP contribution in [0.25, 0.3) is 0 Å². The highest BCUT2D eigenvalue weighted by Crippen LogP contribution is 2.44. The number of fused-ring (bicyclic) bond motifs is 4. The number of rotatable bonds is 14. The van der Waals surface area contributed by atoms with Crippen molar-refractivity contribution in [2.24, 2.45) is 29.6 Å². The van der Waals surface area contributed by atoms with E-state index in [-0.39, 0.29) is 128 Å². The molecule has 8 rings (SSSR count). The van der Waals surface area contributed by atoms with Gasteiger partial charge in [-0.2, -0.15) is 13.2 Å². The van der Waals surface area contributed by atoms with E-state index in [1.807, 2.05) is 27.7 Å². The first-order chi connectivity index (χ1) is 48.2. The van der Waals surface area contributed by atoms with E-state index in [0.29, 0.717) is 64.2 Å². The highest BCUT2D eigenvalue weighted by atomic mass is 35.5. The number of hydrogen-bond acceptors (Lipinski definition) is 14. The third-order valence-electron chi connectivity index (χ3n) is 23.4. The molecule has 3 aliphatic carbocycles. The molecule has 1 spiro atoms. The molecule has 3 saturated carbocycles. The molecule has 15 atom stereocenters. The van der Waals surface area contributed by atoms with Crippen molar-refractivity contribution in [1.82, 2.24) is 60.5 Å². The van der Waals surface area contributed by atoms with Crippen LogP contribution >= 0.6 is 11.6 Å². The fourth-order valence-corrected chi connectivity index (χ4v) is 17.3. The topological polar surface area (TPSA) is 297 Å². The minimum absolute atomic E-state index is 0.0132. The summed E-state index contributed by atoms with van der Waals surface area (Å²) in [6.45, 7) is 10.7. The van der Waals surface area contributed by atoms with Gasteiger partial charge in [-0.3, -0.25) is 57.5 Å². The molecule has 102 heavy (non-hydrogen) atoms. The molecule has 26 nitrogen and oxygen atoms in total. The second-order valence-electron chi connectivity index (χ2n) is 30.9. The zero-order chi connectivity index (χ0) is 74.8. The second-order valence-corrected chi connectivity index (χ2v) is 31.5. The van der Waals surface area contributed by atoms with Gasteiger partial charge in [-0.1, -0.05) is 66.7 Å². The Kier molecular flexibility index (Phi) is 28.4. The SMILES string of the molecule is CCCOC[C@H]1C(=O)N(C)CC(=O)N[C@@H](CCC2CCC(C(F)(F)F)C(Cl)C2)C(=O)N2CCC[C@H]2C(=O)NC2(CCCC2)C(=O)N(C)[C@@H](C2CCCC2)C(=O)N(C)[C@H](C(=O)N2C3CCC2COC3)CC(=O)N(C)[C@@H](CCC(C)C)C(=O)N[C@@H]([C@@H](C)CC)C(=O)N[C@@H](C)C(=O)N2CC[C@H]2C(=O)N1C. The zero-order valence-electron chi connectivity index (χ0n) is 61.8. The molecule has 5 aliphatic heterocycles. The minimum atomic E-state index is -4.52. The van der Waals surface area contributed by atoms with E-state index >= 15 is 28.8 Å². The van der Waals surface area contributed by atoms with Gasteiger partial charge in [0.2, 0.25) is 70.9 Å². The molecule has 5 heterocycles. The van der Waals surface area contributed by atoms with Gasteiger partial charge in [-0.15, -0.1) is 11.6 Å². The molecule has 0 aromatic carbocycles. The van der Waals surface area contributed by atoms with Gasteiger partial charge in [0.25, 0.3) is 0 Å². The minimum Gasteiger partial charge on any atom is -0.379 e. The molecule has 4 N–H and O–H groups in total. The summed E-state index contributed by atoms with van der Waals surface area (Å²) < 4.78 is 53.8. The number of ether oxygens (including phenoxy) is 2. The molecule has 12 amide bonds. The molecule has 5 unspecified atom stereocenters. The molecule has 8 aliphatic rings. The lowest BCUT2D eigenvalue weighted by Gasteiger charge is -2.44. The summed E-state index contributed by atoms with van der Waals surface area (Å²) in [5.41, 5.74) is -1.57. The van der Waals surface area contributed by atoms with E-state index in [4.69, 9.17) is 21.1 Å². The van der Waals surface area contributed by atoms with Crippen LogP contribution in [0.15, 0.2) is 0 Å². The maximum atomic E-state index is 15.9. The van der Waals surface area contributed by atoms with Crippen LogP contribution in [0, 0.1) is 29.6 Å². The van der Waals surface area contributed by atoms with E-state index in [1.54, 1.807) is 11.8 Å². The Morgan fingerprint density at radius 3 is 1.92 bits per heavy atom. The normalized spacial score (nSPS) is 32.2. The number of hydrogen-bond donors (Lipinski definition) is 4. The van der Waals surface area contributed by atoms with Crippen LogP contribution in [-0.2, 0) is 67.0 Å². The van der Waals surface area contributed by atoms with E-state index in [0.717, 1.165) is 22.6 Å². The van der Waals surface area contributed by atoms with Gasteiger partial charge in [-0.05, 0) is 140 Å². The summed E-state index contributed by atoms with van der Waals surface area (Å²) in [4.78, 5) is 191. The quantitative estimate of drug-likeness (QED) is 0.138. The van der Waals surface area contributed by atoms with Crippen LogP contribution in [-0.4, -0.2) is 275 Å². The largest absolute Gasteiger partial charge is 0.393 e. The lowest BCUT2D eigenvalue weighted by atomic mass is 9.78. The lowest BCUT2D eigenvalue weighted by Crippen LogP contribution is -2.65. The van der Waals surface area contributed by atoms with Gasteiger partial charge in [0.1, 0.15) is 59.9 Å². The monoisotopic (exact) mass is 1460 g/mol. The Balaban J connectivity index is 1.16. The summed E-state index contributed by atoms with van der Waals surface area (Å²) in [5.74, 6) is -10.8. The predicted molar refractivity (Wildman–Crippen MR) is 371 cm³/mol. The van der Waals surface area contributed by atoms with Crippen LogP contribution < -0.4 is 21.3 Å². The number of amides is 12. The van der Waals surface area contributed by atoms with E-state index < -0.39 is 173 Å². The van der Waals surface area contributed by atoms with Crippen molar-refractivity contribution >= 4 is 82.5 Å². The first kappa shape index (κ1) is 81.3. The molecular formula is C72H114ClF3N12O14. The average Bonchev–Trinajstić information content (AvgIpc) is 1.46. The van der Waals surface area contributed by atoms with E-state index in [1.165, 1.54) is 66.7 Å². The third kappa shape index (κ3) is 18.8. The van der Waals surface area contributed by atoms with Gasteiger partial charge < -0.3 is 69.9 Å². The molecule has 5 saturated heterocycles. The number of carbonyl (C=O) groups excluding carboxylic acids is 12. The Morgan fingerprint density at radius 2 is 1.32 bits per heavy atom. The van der Waals surface area contributed by atoms with Crippen LogP contribution in [0.3, 0.4) is 0 Å². The molecular weight excluding hydrogens is 1350 g/mol. The van der Waals surface area contributed by atoms with Crippen LogP contribution in [0.1, 0.15) is 189 Å². The van der Waals surface area contributed by atoms with Gasteiger partial charge in [0.15, 0.2) is 0 Å². The Labute approximate surface area is 604 Å². The van der Waals surface area contributed by atoms with Crippen molar-refractivity contribution in [1.29, 1.82) is 0 Å². The smallest absolute Gasteiger partial charge is 0.379 e. The van der Waals surface area contributed by atoms with Gasteiger partial charge in [0.05, 0.1) is 50.8 Å². The molecule has 8 fully saturated rings. The number of alkyl halides is 4. The maximum Gasteiger partial charge on any atom is 0.393 e. The first-order valence-electron chi connectivity index (χ1n) is 37.6. The Hall–Kier alpha value is -6.36. The summed E-state index contributed by atoms with van der Waals surface area (Å²) in [5, 5.41) is 10.3. The van der Waals surface area contributed by atoms with Crippen molar-refractivity contribution in [2.75, 3.05) is 81.3 Å². The van der Waals surface area contributed by atoms with Gasteiger partial charge >= 0.3 is 6.18 Å². The highest BCUT2D eigenvalue weighted by molar-refractivity contribution is 6.21. The van der Waals surface area contributed by atoms with E-state index in [9.17, 15) is 41.9 Å². The maximum absolute atomic E-state index is 15.9. The second kappa shape index (κ2) is 35.6. The Bertz CT molecular complexity index is 3010. The fourth-order valence-electron chi connectivity index (χ4n) is 16.8. The molecule has 0 aromatic rings. The van der Waals surface area contributed by atoms with Crippen LogP contribution in [0.2, 0.25) is 0 Å². The molecule has 0 radical (unpaired) electrons. The number of morpholine rings is 1. The van der Waals surface area contributed by atoms with Gasteiger partial charge in [-0.25, -0.2) is 0 Å². The van der Waals surface area contributed by atoms with Crippen LogP contribution in [0.5, 0.6) is 0 Å². The van der Waals surface area contributed by atoms with Crippen molar-refractivity contribution in [3.05, 3.63) is 0 Å². The standard InChI is InChI=1S/C72H114ClF3N12O14/c1-12-35-101-41-56-66(96)81(7)38-57(89)78-51(28-24-45-23-27-49(50(73)36-45)72(74,75)76)65(95)86-33-18-21-53(86)62(92)80-71(31-16-17-32-71)70(100)85(11)60(46-19-14-15-20-46)69(99)83(9)55(68(98)88-47-25-26-48(88)40-102-39-47)37-58(90)82(8)52(29-22-42(3)4)61(91)79-59(43(5)13-2)63(93)77-44(6)64(94)87-34-30-54(87)67(97)84(56)10/h42-56,59-60H,12-41H2,1-11H3,(H,77,93)(H,78,89)(H,79,91)(H,80,92)/t43-,44-,45?,47?,48?,49?,50?,51-,52-,53-,54-,55-,56-,59-,60-/m0/s1. The predicted octanol–water partition coefficient (Wildman–Crippen LogP) is 4.51. The van der Waals surface area contributed by atoms with Gasteiger partial charge in [0, 0.05) is 60.3 Å². The van der Waals surface area contributed by atoms with Crippen molar-refractivity contribution < 1.29 is 80.2 Å². The Morgan fingerprint density at radius 1 is 0.667 bits per heavy atom. The number of halogens is 4. The summed E-state index contributed by atoms with van der Waals surface area (Å²) in [7, 11) is 7.13. The zero-order valence-corrected chi connectivity index (χ0v) is 62.6. The molecule has 2 bridgehead atoms. The van der Waals surface area contributed by atoms with Crippen LogP contribution in [0.4, 0.5) is 13.2 Å². The number of likely N-dealkylation sites (N-methyl/N-ethyl adjacent to an activating group) is 5. The molecule has 574 valence electrons. The first-order valence-corrected chi connectivity index (χ1v) is 38.0. The summed E-state index contributed by atoms with van der Waals surface area (Å²) in [6.07, 6.45) is 2.31. The third-order valence-corrected chi connectivity index (χ3v) is 23.9. The number of carbonyl (C=O) groups is 12. The summed E-state index contributed by atoms with van der Waals surface area (Å²) in [6, 6.07) is -11.9. The average molecular weight is 1460 g/mol. The summed E-state index contributed by atoms with van der Waals surface area (Å²) >= 11 is 6.40. The van der Waals surface area contributed by atoms with Crippen molar-refractivity contribution in [3.63, 3.8) is 0 Å². The highest BCUT2D eigenvalue weighted by Gasteiger charge is 2.54. The lowest BCUT2D eigenvalue weighted by molar-refractivity contribution is -0.182. The van der Waals surface area contributed by atoms with E-state index in [2.05, 4.69) is 21.3 Å². The fraction of sp³-hybridized carbons (Fsp3) is 0.833. The molecule has 30 heteroatoms. The molecule has 0 aromatic heterocycles. The number of nitrogens with one attached hydrogen (secondary N) is 4.